The molecule has 0 spiro atoms. The highest BCUT2D eigenvalue weighted by molar-refractivity contribution is 7.89. The Morgan fingerprint density at radius 1 is 1.07 bits per heavy atom. The lowest BCUT2D eigenvalue weighted by Gasteiger charge is -2.36. The Morgan fingerprint density at radius 3 is 2.41 bits per heavy atom. The second-order valence-corrected chi connectivity index (χ2v) is 8.69. The van der Waals surface area contributed by atoms with Gasteiger partial charge in [0.1, 0.15) is 5.75 Å². The second kappa shape index (κ2) is 8.67. The number of piperazine rings is 1. The third-order valence-corrected chi connectivity index (χ3v) is 6.83. The number of sulfonamides is 1. The molecule has 154 valence electrons. The van der Waals surface area contributed by atoms with E-state index in [0.29, 0.717) is 37.3 Å². The fourth-order valence-corrected chi connectivity index (χ4v) is 4.85. The molecule has 0 aliphatic carbocycles. The minimum atomic E-state index is -3.67. The normalized spacial score (nSPS) is 15.9. The van der Waals surface area contributed by atoms with Crippen LogP contribution in [-0.4, -0.2) is 57.1 Å². The lowest BCUT2D eigenvalue weighted by Crippen LogP contribution is -2.48. The van der Waals surface area contributed by atoms with Crippen molar-refractivity contribution in [3.8, 4) is 5.75 Å². The summed E-state index contributed by atoms with van der Waals surface area (Å²) in [6.07, 6.45) is 1.07. The van der Waals surface area contributed by atoms with Crippen molar-refractivity contribution >= 4 is 27.3 Å². The van der Waals surface area contributed by atoms with Crippen LogP contribution in [0.1, 0.15) is 12.5 Å². The zero-order valence-corrected chi connectivity index (χ0v) is 17.2. The van der Waals surface area contributed by atoms with E-state index in [2.05, 4.69) is 4.90 Å². The molecule has 1 heterocycles. The van der Waals surface area contributed by atoms with Crippen molar-refractivity contribution in [2.45, 2.75) is 11.8 Å². The lowest BCUT2D eigenvalue weighted by atomic mass is 10.1. The monoisotopic (exact) mass is 416 g/mol. The second-order valence-electron chi connectivity index (χ2n) is 6.76. The maximum absolute atomic E-state index is 13.1. The number of hydrogen-bond acceptors (Lipinski definition) is 5. The molecule has 0 saturated carbocycles. The quantitative estimate of drug-likeness (QED) is 0.729. The molecule has 29 heavy (non-hydrogen) atoms. The van der Waals surface area contributed by atoms with Crippen LogP contribution in [0.2, 0.25) is 0 Å². The van der Waals surface area contributed by atoms with Crippen molar-refractivity contribution in [2.75, 3.05) is 38.2 Å². The first-order valence-corrected chi connectivity index (χ1v) is 10.7. The van der Waals surface area contributed by atoms with E-state index in [1.165, 1.54) is 10.4 Å². The summed E-state index contributed by atoms with van der Waals surface area (Å²) in [6.45, 7) is 3.46. The zero-order valence-electron chi connectivity index (χ0n) is 16.4. The summed E-state index contributed by atoms with van der Waals surface area (Å²) in [7, 11) is -2.05. The van der Waals surface area contributed by atoms with Crippen LogP contribution in [0, 0.1) is 0 Å². The van der Waals surface area contributed by atoms with Gasteiger partial charge in [-0.1, -0.05) is 24.3 Å². The van der Waals surface area contributed by atoms with E-state index in [-0.39, 0.29) is 4.90 Å². The predicted molar refractivity (Wildman–Crippen MR) is 112 cm³/mol. The van der Waals surface area contributed by atoms with Crippen LogP contribution in [0.3, 0.4) is 0 Å². The summed E-state index contributed by atoms with van der Waals surface area (Å²) in [5.41, 5.74) is 2.01. The standard InChI is InChI=1S/C21H24N2O5S/c1-16(14-21(24)25)17-6-5-7-18(15-17)29(26,27)23-12-10-22(11-13-23)19-8-3-4-9-20(19)28-2/h3-9,14-15H,10-13H2,1-2H3,(H,24,25)/b16-14+. The number of ether oxygens (including phenoxy) is 1. The van der Waals surface area contributed by atoms with E-state index in [1.54, 1.807) is 32.2 Å². The van der Waals surface area contributed by atoms with Gasteiger partial charge in [0.05, 0.1) is 17.7 Å². The maximum Gasteiger partial charge on any atom is 0.328 e. The molecular formula is C21H24N2O5S. The largest absolute Gasteiger partial charge is 0.495 e. The van der Waals surface area contributed by atoms with Crippen molar-refractivity contribution < 1.29 is 23.1 Å². The van der Waals surface area contributed by atoms with Gasteiger partial charge in [-0.25, -0.2) is 13.2 Å². The summed E-state index contributed by atoms with van der Waals surface area (Å²) in [5, 5.41) is 8.92. The summed E-state index contributed by atoms with van der Waals surface area (Å²) in [6, 6.07) is 14.1. The van der Waals surface area contributed by atoms with Crippen LogP contribution in [0.25, 0.3) is 5.57 Å². The molecule has 0 bridgehead atoms. The van der Waals surface area contributed by atoms with Gasteiger partial charge in [0, 0.05) is 32.3 Å². The third kappa shape index (κ3) is 4.60. The smallest absolute Gasteiger partial charge is 0.328 e. The molecule has 8 heteroatoms. The van der Waals surface area contributed by atoms with Crippen molar-refractivity contribution in [1.82, 2.24) is 4.31 Å². The van der Waals surface area contributed by atoms with E-state index in [4.69, 9.17) is 9.84 Å². The molecule has 0 unspecified atom stereocenters. The number of carboxylic acid groups (broad SMARTS) is 1. The number of carboxylic acids is 1. The number of benzene rings is 2. The molecule has 1 N–H and O–H groups in total. The van der Waals surface area contributed by atoms with Gasteiger partial charge in [-0.3, -0.25) is 0 Å². The Hall–Kier alpha value is -2.84. The number of nitrogens with zero attached hydrogens (tertiary/aromatic N) is 2. The fourth-order valence-electron chi connectivity index (χ4n) is 3.38. The lowest BCUT2D eigenvalue weighted by molar-refractivity contribution is -0.131. The molecule has 0 atom stereocenters. The van der Waals surface area contributed by atoms with E-state index in [9.17, 15) is 13.2 Å². The van der Waals surface area contributed by atoms with Gasteiger partial charge in [0.2, 0.25) is 10.0 Å². The van der Waals surface area contributed by atoms with E-state index in [1.807, 2.05) is 24.3 Å². The number of rotatable bonds is 6. The highest BCUT2D eigenvalue weighted by Crippen LogP contribution is 2.29. The average Bonchev–Trinajstić information content (AvgIpc) is 2.73. The number of allylic oxidation sites excluding steroid dienone is 1. The number of methoxy groups -OCH3 is 1. The molecule has 3 rings (SSSR count). The minimum absolute atomic E-state index is 0.166. The van der Waals surface area contributed by atoms with Gasteiger partial charge >= 0.3 is 5.97 Å². The van der Waals surface area contributed by atoms with E-state index in [0.717, 1.165) is 17.5 Å². The van der Waals surface area contributed by atoms with Crippen LogP contribution < -0.4 is 9.64 Å². The maximum atomic E-state index is 13.1. The number of anilines is 1. The number of aliphatic carboxylic acids is 1. The Labute approximate surface area is 170 Å². The summed E-state index contributed by atoms with van der Waals surface area (Å²) in [5.74, 6) is -0.305. The highest BCUT2D eigenvalue weighted by Gasteiger charge is 2.29. The van der Waals surface area contributed by atoms with Gasteiger partial charge in [-0.05, 0) is 42.3 Å². The Bertz CT molecular complexity index is 1020. The Kier molecular flexibility index (Phi) is 6.24. The fraction of sp³-hybridized carbons (Fsp3) is 0.286. The molecule has 1 aliphatic rings. The van der Waals surface area contributed by atoms with Crippen LogP contribution in [0.5, 0.6) is 5.75 Å². The zero-order chi connectivity index (χ0) is 21.0. The Balaban J connectivity index is 1.78. The van der Waals surface area contributed by atoms with Crippen molar-refractivity contribution in [3.63, 3.8) is 0 Å². The summed E-state index contributed by atoms with van der Waals surface area (Å²) in [4.78, 5) is 13.2. The van der Waals surface area contributed by atoms with Crippen LogP contribution >= 0.6 is 0 Å². The summed E-state index contributed by atoms with van der Waals surface area (Å²) < 4.78 is 33.1. The number of carbonyl (C=O) groups is 1. The molecular weight excluding hydrogens is 392 g/mol. The molecule has 7 nitrogen and oxygen atoms in total. The number of hydrogen-bond donors (Lipinski definition) is 1. The molecule has 1 fully saturated rings. The molecule has 2 aromatic rings. The van der Waals surface area contributed by atoms with Crippen molar-refractivity contribution in [3.05, 3.63) is 60.2 Å². The first kappa shape index (κ1) is 20.9. The first-order valence-electron chi connectivity index (χ1n) is 9.22. The van der Waals surface area contributed by atoms with Crippen LogP contribution in [0.15, 0.2) is 59.5 Å². The van der Waals surface area contributed by atoms with Gasteiger partial charge < -0.3 is 14.7 Å². The minimum Gasteiger partial charge on any atom is -0.495 e. The topological polar surface area (TPSA) is 87.2 Å². The third-order valence-electron chi connectivity index (χ3n) is 4.93. The number of para-hydroxylation sites is 2. The SMILES string of the molecule is COc1ccccc1N1CCN(S(=O)(=O)c2cccc(/C(C)=C/C(=O)O)c2)CC1. The predicted octanol–water partition coefficient (Wildman–Crippen LogP) is 2.69. The average molecular weight is 416 g/mol. The Morgan fingerprint density at radius 2 is 1.76 bits per heavy atom. The van der Waals surface area contributed by atoms with Gasteiger partial charge in [0.25, 0.3) is 0 Å². The van der Waals surface area contributed by atoms with Crippen molar-refractivity contribution in [1.29, 1.82) is 0 Å². The molecule has 1 saturated heterocycles. The van der Waals surface area contributed by atoms with Gasteiger partial charge in [-0.2, -0.15) is 4.31 Å². The van der Waals surface area contributed by atoms with E-state index >= 15 is 0 Å². The first-order chi connectivity index (χ1) is 13.8. The molecule has 0 amide bonds. The molecule has 0 radical (unpaired) electrons. The molecule has 0 aromatic heterocycles. The van der Waals surface area contributed by atoms with Crippen LogP contribution in [0.4, 0.5) is 5.69 Å². The van der Waals surface area contributed by atoms with Gasteiger partial charge in [-0.15, -0.1) is 0 Å². The van der Waals surface area contributed by atoms with E-state index < -0.39 is 16.0 Å². The highest BCUT2D eigenvalue weighted by atomic mass is 32.2. The summed E-state index contributed by atoms with van der Waals surface area (Å²) >= 11 is 0. The molecule has 2 aromatic carbocycles. The van der Waals surface area contributed by atoms with Crippen LogP contribution in [-0.2, 0) is 14.8 Å². The van der Waals surface area contributed by atoms with Gasteiger partial charge in [0.15, 0.2) is 0 Å². The van der Waals surface area contributed by atoms with Crippen molar-refractivity contribution in [2.24, 2.45) is 0 Å². The molecule has 1 aliphatic heterocycles.